The molecule has 0 saturated carbocycles. The molecule has 0 N–H and O–H groups in total. The highest BCUT2D eigenvalue weighted by Gasteiger charge is 2.07. The van der Waals surface area contributed by atoms with Gasteiger partial charge in [0.15, 0.2) is 0 Å². The first-order valence-corrected chi connectivity index (χ1v) is 4.57. The first-order chi connectivity index (χ1) is 6.19. The van der Waals surface area contributed by atoms with Crippen molar-refractivity contribution in [2.24, 2.45) is 0 Å². The Morgan fingerprint density at radius 3 is 2.69 bits per heavy atom. The molecule has 0 unspecified atom stereocenters. The van der Waals surface area contributed by atoms with Gasteiger partial charge in [-0.15, -0.1) is 6.58 Å². The molecule has 0 bridgehead atoms. The number of hydrogen-bond donors (Lipinski definition) is 0. The minimum atomic E-state index is 0.534. The fraction of sp³-hybridized carbons (Fsp3) is 0.200. The molecular formula is C10H10Cl2O. The van der Waals surface area contributed by atoms with Crippen molar-refractivity contribution in [3.63, 3.8) is 0 Å². The summed E-state index contributed by atoms with van der Waals surface area (Å²) in [5.74, 6) is 0.672. The molecule has 1 aromatic carbocycles. The maximum absolute atomic E-state index is 5.93. The van der Waals surface area contributed by atoms with Crippen LogP contribution in [0.15, 0.2) is 24.8 Å². The largest absolute Gasteiger partial charge is 0.495 e. The van der Waals surface area contributed by atoms with Crippen molar-refractivity contribution in [1.29, 1.82) is 0 Å². The van der Waals surface area contributed by atoms with E-state index in [1.54, 1.807) is 19.3 Å². The number of benzene rings is 1. The molecule has 70 valence electrons. The van der Waals surface area contributed by atoms with Crippen LogP contribution in [0.1, 0.15) is 5.56 Å². The SMILES string of the molecule is C=CCc1cc(Cl)cc(Cl)c1OC. The summed E-state index contributed by atoms with van der Waals surface area (Å²) in [6.07, 6.45) is 2.48. The molecule has 0 aromatic heterocycles. The normalized spacial score (nSPS) is 9.77. The molecular weight excluding hydrogens is 207 g/mol. The van der Waals surface area contributed by atoms with E-state index in [-0.39, 0.29) is 0 Å². The van der Waals surface area contributed by atoms with Gasteiger partial charge in [0.25, 0.3) is 0 Å². The highest BCUT2D eigenvalue weighted by atomic mass is 35.5. The van der Waals surface area contributed by atoms with E-state index in [0.717, 1.165) is 5.56 Å². The summed E-state index contributed by atoms with van der Waals surface area (Å²) in [5, 5.41) is 1.15. The van der Waals surface area contributed by atoms with Crippen LogP contribution in [-0.2, 0) is 6.42 Å². The Morgan fingerprint density at radius 1 is 1.46 bits per heavy atom. The lowest BCUT2D eigenvalue weighted by Crippen LogP contribution is -1.91. The molecule has 0 saturated heterocycles. The van der Waals surface area contributed by atoms with Crippen LogP contribution in [0.5, 0.6) is 5.75 Å². The van der Waals surface area contributed by atoms with Crippen molar-refractivity contribution in [3.8, 4) is 5.75 Å². The summed E-state index contributed by atoms with van der Waals surface area (Å²) in [7, 11) is 1.59. The standard InChI is InChI=1S/C10H10Cl2O/c1-3-4-7-5-8(11)6-9(12)10(7)13-2/h3,5-6H,1,4H2,2H3. The monoisotopic (exact) mass is 216 g/mol. The second kappa shape index (κ2) is 4.54. The van der Waals surface area contributed by atoms with E-state index >= 15 is 0 Å². The summed E-state index contributed by atoms with van der Waals surface area (Å²) in [5.41, 5.74) is 0.954. The number of ether oxygens (including phenoxy) is 1. The van der Waals surface area contributed by atoms with Crippen LogP contribution < -0.4 is 4.74 Å². The van der Waals surface area contributed by atoms with Gasteiger partial charge in [-0.3, -0.25) is 0 Å². The predicted molar refractivity (Wildman–Crippen MR) is 56.9 cm³/mol. The molecule has 1 aromatic rings. The molecule has 3 heteroatoms. The highest BCUT2D eigenvalue weighted by molar-refractivity contribution is 6.35. The Bertz CT molecular complexity index is 321. The van der Waals surface area contributed by atoms with Crippen LogP contribution in [0.4, 0.5) is 0 Å². The zero-order valence-corrected chi connectivity index (χ0v) is 8.82. The minimum absolute atomic E-state index is 0.534. The third-order valence-electron chi connectivity index (χ3n) is 1.65. The number of allylic oxidation sites excluding steroid dienone is 1. The zero-order valence-electron chi connectivity index (χ0n) is 7.31. The van der Waals surface area contributed by atoms with E-state index in [1.165, 1.54) is 0 Å². The lowest BCUT2D eigenvalue weighted by molar-refractivity contribution is 0.411. The van der Waals surface area contributed by atoms with Crippen molar-refractivity contribution < 1.29 is 4.74 Å². The highest BCUT2D eigenvalue weighted by Crippen LogP contribution is 2.32. The molecule has 0 aliphatic heterocycles. The molecule has 13 heavy (non-hydrogen) atoms. The molecule has 0 amide bonds. The van der Waals surface area contributed by atoms with Gasteiger partial charge in [-0.05, 0) is 18.6 Å². The average molecular weight is 217 g/mol. The second-order valence-corrected chi connectivity index (χ2v) is 3.42. The van der Waals surface area contributed by atoms with Crippen LogP contribution in [0.25, 0.3) is 0 Å². The van der Waals surface area contributed by atoms with Crippen LogP contribution >= 0.6 is 23.2 Å². The summed E-state index contributed by atoms with van der Waals surface area (Å²) in [6.45, 7) is 3.65. The van der Waals surface area contributed by atoms with Crippen LogP contribution in [0, 0.1) is 0 Å². The van der Waals surface area contributed by atoms with E-state index in [2.05, 4.69) is 6.58 Å². The average Bonchev–Trinajstić information content (AvgIpc) is 2.04. The van der Waals surface area contributed by atoms with Crippen molar-refractivity contribution in [2.45, 2.75) is 6.42 Å². The number of rotatable bonds is 3. The van der Waals surface area contributed by atoms with Crippen molar-refractivity contribution >= 4 is 23.2 Å². The molecule has 0 aliphatic rings. The first-order valence-electron chi connectivity index (χ1n) is 3.82. The molecule has 1 nitrogen and oxygen atoms in total. The van der Waals surface area contributed by atoms with Gasteiger partial charge in [0.2, 0.25) is 0 Å². The van der Waals surface area contributed by atoms with Crippen LogP contribution in [0.3, 0.4) is 0 Å². The summed E-state index contributed by atoms with van der Waals surface area (Å²) < 4.78 is 5.15. The smallest absolute Gasteiger partial charge is 0.141 e. The summed E-state index contributed by atoms with van der Waals surface area (Å²) in [6, 6.07) is 3.49. The van der Waals surface area contributed by atoms with E-state index in [0.29, 0.717) is 22.2 Å². The topological polar surface area (TPSA) is 9.23 Å². The van der Waals surface area contributed by atoms with Crippen LogP contribution in [0.2, 0.25) is 10.0 Å². The third-order valence-corrected chi connectivity index (χ3v) is 2.15. The quantitative estimate of drug-likeness (QED) is 0.701. The van der Waals surface area contributed by atoms with Gasteiger partial charge < -0.3 is 4.74 Å². The first kappa shape index (κ1) is 10.4. The Hall–Kier alpha value is -0.660. The van der Waals surface area contributed by atoms with Gasteiger partial charge in [-0.2, -0.15) is 0 Å². The van der Waals surface area contributed by atoms with Crippen LogP contribution in [-0.4, -0.2) is 7.11 Å². The molecule has 0 spiro atoms. The number of hydrogen-bond acceptors (Lipinski definition) is 1. The predicted octanol–water partition coefficient (Wildman–Crippen LogP) is 3.73. The lowest BCUT2D eigenvalue weighted by Gasteiger charge is -2.08. The molecule has 0 aliphatic carbocycles. The Kier molecular flexibility index (Phi) is 3.64. The fourth-order valence-corrected chi connectivity index (χ4v) is 1.76. The lowest BCUT2D eigenvalue weighted by atomic mass is 10.1. The van der Waals surface area contributed by atoms with Gasteiger partial charge >= 0.3 is 0 Å². The van der Waals surface area contributed by atoms with Gasteiger partial charge in [0, 0.05) is 10.6 Å². The fourth-order valence-electron chi connectivity index (χ4n) is 1.15. The minimum Gasteiger partial charge on any atom is -0.495 e. The van der Waals surface area contributed by atoms with Gasteiger partial charge in [-0.25, -0.2) is 0 Å². The Morgan fingerprint density at radius 2 is 2.15 bits per heavy atom. The van der Waals surface area contributed by atoms with E-state index < -0.39 is 0 Å². The maximum atomic E-state index is 5.93. The molecule has 0 fully saturated rings. The second-order valence-electron chi connectivity index (χ2n) is 2.57. The number of halogens is 2. The van der Waals surface area contributed by atoms with Crippen molar-refractivity contribution in [2.75, 3.05) is 7.11 Å². The summed E-state index contributed by atoms with van der Waals surface area (Å²) in [4.78, 5) is 0. The van der Waals surface area contributed by atoms with Gasteiger partial charge in [-0.1, -0.05) is 29.3 Å². The molecule has 0 atom stereocenters. The Balaban J connectivity index is 3.20. The van der Waals surface area contributed by atoms with E-state index in [4.69, 9.17) is 27.9 Å². The maximum Gasteiger partial charge on any atom is 0.141 e. The number of methoxy groups -OCH3 is 1. The van der Waals surface area contributed by atoms with Gasteiger partial charge in [0.05, 0.1) is 12.1 Å². The molecule has 0 heterocycles. The van der Waals surface area contributed by atoms with Crippen molar-refractivity contribution in [3.05, 3.63) is 40.4 Å². The van der Waals surface area contributed by atoms with Gasteiger partial charge in [0.1, 0.15) is 5.75 Å². The Labute approximate surface area is 87.9 Å². The zero-order chi connectivity index (χ0) is 9.84. The molecule has 1 rings (SSSR count). The van der Waals surface area contributed by atoms with E-state index in [9.17, 15) is 0 Å². The van der Waals surface area contributed by atoms with Crippen molar-refractivity contribution in [1.82, 2.24) is 0 Å². The van der Waals surface area contributed by atoms with E-state index in [1.807, 2.05) is 6.07 Å². The third kappa shape index (κ3) is 2.39. The summed E-state index contributed by atoms with van der Waals surface area (Å²) >= 11 is 11.8. The molecule has 0 radical (unpaired) electrons.